The summed E-state index contributed by atoms with van der Waals surface area (Å²) in [5, 5.41) is 17.7. The van der Waals surface area contributed by atoms with Gasteiger partial charge in [-0.1, -0.05) is 35.5 Å². The quantitative estimate of drug-likeness (QED) is 0.117. The zero-order chi connectivity index (χ0) is 24.5. The smallest absolute Gasteiger partial charge is 0.269 e. The minimum atomic E-state index is -0.442. The summed E-state index contributed by atoms with van der Waals surface area (Å²) in [6.07, 6.45) is 0. The number of aromatic nitrogens is 4. The molecule has 0 aliphatic heterocycles. The van der Waals surface area contributed by atoms with Gasteiger partial charge in [-0.2, -0.15) is 4.52 Å². The number of nitro benzene ring substituents is 1. The fourth-order valence-electron chi connectivity index (χ4n) is 3.63. The van der Waals surface area contributed by atoms with Crippen LogP contribution in [0.1, 0.15) is 5.56 Å². The third-order valence-electron chi connectivity index (χ3n) is 5.34. The molecule has 11 heteroatoms. The van der Waals surface area contributed by atoms with Gasteiger partial charge in [0.2, 0.25) is 0 Å². The van der Waals surface area contributed by atoms with E-state index in [9.17, 15) is 10.1 Å². The molecule has 0 bridgehead atoms. The van der Waals surface area contributed by atoms with Gasteiger partial charge in [-0.05, 0) is 35.9 Å². The van der Waals surface area contributed by atoms with Gasteiger partial charge in [0.25, 0.3) is 5.69 Å². The molecule has 0 aliphatic carbocycles. The molecule has 0 saturated carbocycles. The van der Waals surface area contributed by atoms with Crippen LogP contribution in [0.4, 0.5) is 5.69 Å². The normalized spacial score (nSPS) is 11.2. The number of nitrogens with zero attached hydrogens (tertiary/aromatic N) is 5. The Kier molecular flexibility index (Phi) is 6.14. The van der Waals surface area contributed by atoms with Gasteiger partial charge in [-0.15, -0.1) is 5.10 Å². The van der Waals surface area contributed by atoms with Crippen molar-refractivity contribution in [2.45, 2.75) is 10.9 Å². The third-order valence-corrected chi connectivity index (χ3v) is 6.58. The van der Waals surface area contributed by atoms with Crippen molar-refractivity contribution in [3.63, 3.8) is 0 Å². The Balaban J connectivity index is 1.66. The summed E-state index contributed by atoms with van der Waals surface area (Å²) in [6.45, 7) is 0. The van der Waals surface area contributed by atoms with E-state index in [-0.39, 0.29) is 5.69 Å². The molecular weight excluding hydrogens is 490 g/mol. The number of rotatable bonds is 7. The van der Waals surface area contributed by atoms with Gasteiger partial charge < -0.3 is 9.47 Å². The molecule has 9 nitrogen and oxygen atoms in total. The predicted molar refractivity (Wildman–Crippen MR) is 134 cm³/mol. The maximum atomic E-state index is 11.0. The van der Waals surface area contributed by atoms with E-state index in [1.54, 1.807) is 36.9 Å². The number of hydrogen-bond donors (Lipinski definition) is 0. The monoisotopic (exact) mass is 507 g/mol. The summed E-state index contributed by atoms with van der Waals surface area (Å²) in [5.41, 5.74) is 2.95. The fraction of sp³-hybridized carbons (Fsp3) is 0.125. The van der Waals surface area contributed by atoms with Crippen LogP contribution in [0.5, 0.6) is 11.5 Å². The number of benzene rings is 3. The molecule has 0 amide bonds. The van der Waals surface area contributed by atoms with Gasteiger partial charge >= 0.3 is 0 Å². The van der Waals surface area contributed by atoms with Gasteiger partial charge in [0.05, 0.1) is 24.7 Å². The highest BCUT2D eigenvalue weighted by atomic mass is 35.5. The summed E-state index contributed by atoms with van der Waals surface area (Å²) >= 11 is 7.64. The lowest BCUT2D eigenvalue weighted by atomic mass is 10.2. The van der Waals surface area contributed by atoms with Crippen molar-refractivity contribution >= 4 is 45.6 Å². The molecule has 0 N–H and O–H groups in total. The maximum absolute atomic E-state index is 11.0. The molecule has 5 rings (SSSR count). The van der Waals surface area contributed by atoms with E-state index in [4.69, 9.17) is 31.0 Å². The molecule has 5 aromatic rings. The number of halogens is 1. The Morgan fingerprint density at radius 1 is 1.03 bits per heavy atom. The van der Waals surface area contributed by atoms with Crippen LogP contribution >= 0.6 is 23.4 Å². The number of ether oxygens (including phenoxy) is 2. The Morgan fingerprint density at radius 2 is 1.77 bits per heavy atom. The van der Waals surface area contributed by atoms with E-state index >= 15 is 0 Å². The fourth-order valence-corrected chi connectivity index (χ4v) is 4.73. The van der Waals surface area contributed by atoms with Crippen LogP contribution in [-0.4, -0.2) is 38.7 Å². The molecule has 0 aliphatic rings. The van der Waals surface area contributed by atoms with E-state index < -0.39 is 4.92 Å². The molecule has 0 fully saturated rings. The van der Waals surface area contributed by atoms with E-state index in [0.717, 1.165) is 10.9 Å². The van der Waals surface area contributed by atoms with Gasteiger partial charge in [-0.25, -0.2) is 9.97 Å². The number of methoxy groups -OCH3 is 2. The van der Waals surface area contributed by atoms with Crippen molar-refractivity contribution < 1.29 is 14.4 Å². The largest absolute Gasteiger partial charge is 0.493 e. The van der Waals surface area contributed by atoms with Crippen LogP contribution in [0.25, 0.3) is 27.9 Å². The van der Waals surface area contributed by atoms with Gasteiger partial charge in [0.15, 0.2) is 28.1 Å². The first-order chi connectivity index (χ1) is 17.0. The molecule has 3 aromatic carbocycles. The van der Waals surface area contributed by atoms with Crippen molar-refractivity contribution in [2.24, 2.45) is 0 Å². The van der Waals surface area contributed by atoms with Crippen LogP contribution in [0, 0.1) is 10.1 Å². The van der Waals surface area contributed by atoms with Crippen molar-refractivity contribution in [3.05, 3.63) is 81.4 Å². The van der Waals surface area contributed by atoms with Crippen molar-refractivity contribution in [2.75, 3.05) is 14.2 Å². The zero-order valence-corrected chi connectivity index (χ0v) is 20.2. The average Bonchev–Trinajstić information content (AvgIpc) is 3.32. The van der Waals surface area contributed by atoms with Crippen molar-refractivity contribution in [3.8, 4) is 22.9 Å². The predicted octanol–water partition coefficient (Wildman–Crippen LogP) is 5.82. The van der Waals surface area contributed by atoms with Crippen LogP contribution in [0.15, 0.2) is 65.8 Å². The van der Waals surface area contributed by atoms with Crippen LogP contribution in [0.3, 0.4) is 0 Å². The number of nitro groups is 1. The second-order valence-corrected chi connectivity index (χ2v) is 8.89. The third kappa shape index (κ3) is 4.45. The highest BCUT2D eigenvalue weighted by Gasteiger charge is 2.18. The number of fused-ring (bicyclic) bond motifs is 3. The summed E-state index contributed by atoms with van der Waals surface area (Å²) < 4.78 is 12.6. The van der Waals surface area contributed by atoms with Crippen LogP contribution in [-0.2, 0) is 5.75 Å². The highest BCUT2D eigenvalue weighted by molar-refractivity contribution is 7.98. The molecule has 2 heterocycles. The van der Waals surface area contributed by atoms with E-state index in [1.165, 1.54) is 23.9 Å². The Labute approximate surface area is 208 Å². The minimum absolute atomic E-state index is 0.000714. The molecule has 35 heavy (non-hydrogen) atoms. The molecule has 0 spiro atoms. The summed E-state index contributed by atoms with van der Waals surface area (Å²) in [7, 11) is 3.14. The van der Waals surface area contributed by atoms with Gasteiger partial charge in [0, 0.05) is 39.9 Å². The second kappa shape index (κ2) is 9.40. The SMILES string of the molecule is COc1cc2nc(SCc3cccc(Cl)c3)n3nc(-c4ccc([N+](=O)[O-])cc4)nc3c2cc1OC. The van der Waals surface area contributed by atoms with Gasteiger partial charge in [-0.3, -0.25) is 10.1 Å². The van der Waals surface area contributed by atoms with Crippen LogP contribution in [0.2, 0.25) is 5.02 Å². The summed E-state index contributed by atoms with van der Waals surface area (Å²) in [5.74, 6) is 2.14. The van der Waals surface area contributed by atoms with E-state index in [1.807, 2.05) is 30.3 Å². The minimum Gasteiger partial charge on any atom is -0.493 e. The average molecular weight is 508 g/mol. The van der Waals surface area contributed by atoms with Crippen molar-refractivity contribution in [1.82, 2.24) is 19.6 Å². The molecule has 176 valence electrons. The van der Waals surface area contributed by atoms with E-state index in [2.05, 4.69) is 5.10 Å². The second-order valence-electron chi connectivity index (χ2n) is 7.51. The summed E-state index contributed by atoms with van der Waals surface area (Å²) in [6, 6.07) is 17.4. The lowest BCUT2D eigenvalue weighted by Crippen LogP contribution is -2.00. The molecule has 0 atom stereocenters. The highest BCUT2D eigenvalue weighted by Crippen LogP contribution is 2.35. The topological polar surface area (TPSA) is 105 Å². The Hall–Kier alpha value is -3.89. The van der Waals surface area contributed by atoms with Gasteiger partial charge in [0.1, 0.15) is 0 Å². The Morgan fingerprint density at radius 3 is 2.46 bits per heavy atom. The molecule has 0 radical (unpaired) electrons. The lowest BCUT2D eigenvalue weighted by molar-refractivity contribution is -0.384. The molecular formula is C24H18ClN5O4S. The number of hydrogen-bond acceptors (Lipinski definition) is 8. The standard InChI is InChI=1S/C24H18ClN5O4S/c1-33-20-11-18-19(12-21(20)34-2)26-24(35-13-14-4-3-5-16(25)10-14)29-23(18)27-22(28-29)15-6-8-17(9-7-15)30(31)32/h3-12H,13H2,1-2H3. The first-order valence-corrected chi connectivity index (χ1v) is 11.8. The number of non-ortho nitro benzene ring substituents is 1. The lowest BCUT2D eigenvalue weighted by Gasteiger charge is -2.11. The Bertz CT molecular complexity index is 1570. The maximum Gasteiger partial charge on any atom is 0.269 e. The number of thioether (sulfide) groups is 1. The van der Waals surface area contributed by atoms with Crippen LogP contribution < -0.4 is 9.47 Å². The van der Waals surface area contributed by atoms with E-state index in [0.29, 0.717) is 50.0 Å². The molecule has 2 aromatic heterocycles. The molecule has 0 saturated heterocycles. The first kappa shape index (κ1) is 22.9. The first-order valence-electron chi connectivity index (χ1n) is 10.4. The summed E-state index contributed by atoms with van der Waals surface area (Å²) in [4.78, 5) is 20.2. The molecule has 0 unspecified atom stereocenters. The zero-order valence-electron chi connectivity index (χ0n) is 18.6. The van der Waals surface area contributed by atoms with Crippen molar-refractivity contribution in [1.29, 1.82) is 0 Å².